The lowest BCUT2D eigenvalue weighted by molar-refractivity contribution is -0.136. The smallest absolute Gasteiger partial charge is 0.305 e. The Morgan fingerprint density at radius 2 is 2.05 bits per heavy atom. The maximum Gasteiger partial charge on any atom is 0.305 e. The number of carboxylic acid groups (broad SMARTS) is 1. The Labute approximate surface area is 127 Å². The molecule has 1 aromatic rings. The summed E-state index contributed by atoms with van der Waals surface area (Å²) in [6.07, 6.45) is 1.42. The molecule has 0 atom stereocenters. The minimum atomic E-state index is -1.04. The third-order valence-corrected chi connectivity index (χ3v) is 2.73. The van der Waals surface area contributed by atoms with E-state index in [-0.39, 0.29) is 24.4 Å². The van der Waals surface area contributed by atoms with Crippen LogP contribution in [0, 0.1) is 17.1 Å². The molecule has 3 N–H and O–H groups in total. The summed E-state index contributed by atoms with van der Waals surface area (Å²) >= 11 is 0. The first kappa shape index (κ1) is 17.2. The van der Waals surface area contributed by atoms with Gasteiger partial charge in [0.1, 0.15) is 17.5 Å². The highest BCUT2D eigenvalue weighted by Crippen LogP contribution is 2.06. The second kappa shape index (κ2) is 9.13. The van der Waals surface area contributed by atoms with Crippen LogP contribution >= 0.6 is 0 Å². The van der Waals surface area contributed by atoms with Crippen molar-refractivity contribution in [1.29, 1.82) is 5.26 Å². The maximum absolute atomic E-state index is 13.4. The summed E-state index contributed by atoms with van der Waals surface area (Å²) in [5.74, 6) is -1.99. The summed E-state index contributed by atoms with van der Waals surface area (Å²) < 4.78 is 13.4. The number of aliphatic carboxylic acids is 1. The summed E-state index contributed by atoms with van der Waals surface area (Å²) in [5.41, 5.74) is 0.367. The average molecular weight is 305 g/mol. The van der Waals surface area contributed by atoms with Gasteiger partial charge in [-0.25, -0.2) is 4.39 Å². The molecule has 0 saturated heterocycles. The molecule has 1 aromatic carbocycles. The molecule has 0 bridgehead atoms. The second-order valence-corrected chi connectivity index (χ2v) is 4.36. The molecule has 0 spiro atoms. The average Bonchev–Trinajstić information content (AvgIpc) is 2.48. The molecule has 1 rings (SSSR count). The Bertz CT molecular complexity index is 608. The van der Waals surface area contributed by atoms with Crippen LogP contribution in [0.15, 0.2) is 36.0 Å². The zero-order chi connectivity index (χ0) is 16.4. The number of halogens is 1. The first-order valence-corrected chi connectivity index (χ1v) is 6.61. The SMILES string of the molecule is N#C/C(=C/NCCc1ccccc1F)C(=O)NCCC(=O)O. The second-order valence-electron chi connectivity index (χ2n) is 4.36. The van der Waals surface area contributed by atoms with Crippen molar-refractivity contribution >= 4 is 11.9 Å². The molecule has 0 heterocycles. The van der Waals surface area contributed by atoms with Gasteiger partial charge < -0.3 is 15.7 Å². The zero-order valence-corrected chi connectivity index (χ0v) is 11.8. The Balaban J connectivity index is 2.42. The normalized spacial score (nSPS) is 10.6. The van der Waals surface area contributed by atoms with Crippen LogP contribution in [0.3, 0.4) is 0 Å². The topological polar surface area (TPSA) is 102 Å². The fraction of sp³-hybridized carbons (Fsp3) is 0.267. The monoisotopic (exact) mass is 305 g/mol. The number of nitriles is 1. The number of nitrogens with zero attached hydrogens (tertiary/aromatic N) is 1. The Morgan fingerprint density at radius 3 is 2.68 bits per heavy atom. The molecule has 1 amide bonds. The minimum Gasteiger partial charge on any atom is -0.481 e. The van der Waals surface area contributed by atoms with Gasteiger partial charge in [0, 0.05) is 19.3 Å². The van der Waals surface area contributed by atoms with Gasteiger partial charge in [-0.15, -0.1) is 0 Å². The van der Waals surface area contributed by atoms with Crippen molar-refractivity contribution in [1.82, 2.24) is 10.6 Å². The van der Waals surface area contributed by atoms with E-state index in [4.69, 9.17) is 10.4 Å². The van der Waals surface area contributed by atoms with Crippen molar-refractivity contribution in [2.24, 2.45) is 0 Å². The van der Waals surface area contributed by atoms with Crippen LogP contribution in [-0.4, -0.2) is 30.1 Å². The number of nitrogens with one attached hydrogen (secondary N) is 2. The quantitative estimate of drug-likeness (QED) is 0.377. The largest absolute Gasteiger partial charge is 0.481 e. The van der Waals surface area contributed by atoms with Gasteiger partial charge >= 0.3 is 5.97 Å². The van der Waals surface area contributed by atoms with Gasteiger partial charge in [0.05, 0.1) is 6.42 Å². The third kappa shape index (κ3) is 6.05. The third-order valence-electron chi connectivity index (χ3n) is 2.73. The predicted molar refractivity (Wildman–Crippen MR) is 77.1 cm³/mol. The van der Waals surface area contributed by atoms with Gasteiger partial charge in [-0.05, 0) is 18.1 Å². The highest BCUT2D eigenvalue weighted by molar-refractivity contribution is 5.97. The first-order valence-electron chi connectivity index (χ1n) is 6.61. The molecule has 0 aromatic heterocycles. The van der Waals surface area contributed by atoms with Gasteiger partial charge in [-0.1, -0.05) is 18.2 Å². The van der Waals surface area contributed by atoms with Crippen LogP contribution in [0.2, 0.25) is 0 Å². The fourth-order valence-electron chi connectivity index (χ4n) is 1.61. The Kier molecular flexibility index (Phi) is 7.13. The number of rotatable bonds is 8. The standard InChI is InChI=1S/C15H16FN3O3/c16-13-4-2-1-3-11(13)5-7-18-10-12(9-17)15(22)19-8-6-14(20)21/h1-4,10,18H,5-8H2,(H,19,22)(H,20,21)/b12-10-. The van der Waals surface area contributed by atoms with Gasteiger partial charge in [0.25, 0.3) is 5.91 Å². The number of carbonyl (C=O) groups excluding carboxylic acids is 1. The van der Waals surface area contributed by atoms with Gasteiger partial charge in [-0.3, -0.25) is 9.59 Å². The predicted octanol–water partition coefficient (Wildman–Crippen LogP) is 0.956. The lowest BCUT2D eigenvalue weighted by Crippen LogP contribution is -2.28. The maximum atomic E-state index is 13.4. The van der Waals surface area contributed by atoms with Gasteiger partial charge in [-0.2, -0.15) is 5.26 Å². The molecule has 0 aliphatic heterocycles. The number of benzene rings is 1. The molecule has 116 valence electrons. The summed E-state index contributed by atoms with van der Waals surface area (Å²) in [6, 6.07) is 8.06. The molecule has 0 unspecified atom stereocenters. The summed E-state index contributed by atoms with van der Waals surface area (Å²) in [4.78, 5) is 21.9. The van der Waals surface area contributed by atoms with Crippen LogP contribution in [-0.2, 0) is 16.0 Å². The lowest BCUT2D eigenvalue weighted by atomic mass is 10.1. The van der Waals surface area contributed by atoms with Crippen LogP contribution < -0.4 is 10.6 Å². The van der Waals surface area contributed by atoms with Crippen LogP contribution in [0.25, 0.3) is 0 Å². The molecule has 7 heteroatoms. The molecule has 0 saturated carbocycles. The Hall–Kier alpha value is -2.88. The molecule has 6 nitrogen and oxygen atoms in total. The first-order chi connectivity index (χ1) is 10.5. The summed E-state index contributed by atoms with van der Waals surface area (Å²) in [7, 11) is 0. The van der Waals surface area contributed by atoms with E-state index in [1.54, 1.807) is 24.3 Å². The summed E-state index contributed by atoms with van der Waals surface area (Å²) in [6.45, 7) is 0.303. The molecule has 0 fully saturated rings. The molecule has 0 aliphatic carbocycles. The van der Waals surface area contributed by atoms with E-state index >= 15 is 0 Å². The van der Waals surface area contributed by atoms with Crippen LogP contribution in [0.5, 0.6) is 0 Å². The number of amides is 1. The van der Waals surface area contributed by atoms with E-state index in [0.717, 1.165) is 0 Å². The van der Waals surface area contributed by atoms with Gasteiger partial charge in [0.15, 0.2) is 0 Å². The van der Waals surface area contributed by atoms with E-state index in [0.29, 0.717) is 18.5 Å². The van der Waals surface area contributed by atoms with Crippen molar-refractivity contribution in [2.75, 3.05) is 13.1 Å². The molecule has 0 radical (unpaired) electrons. The number of hydrogen-bond acceptors (Lipinski definition) is 4. The van der Waals surface area contributed by atoms with E-state index < -0.39 is 11.9 Å². The van der Waals surface area contributed by atoms with Crippen molar-refractivity contribution in [3.05, 3.63) is 47.4 Å². The van der Waals surface area contributed by atoms with Crippen molar-refractivity contribution in [3.8, 4) is 6.07 Å². The van der Waals surface area contributed by atoms with Crippen LogP contribution in [0.1, 0.15) is 12.0 Å². The minimum absolute atomic E-state index is 0.0532. The van der Waals surface area contributed by atoms with E-state index in [2.05, 4.69) is 10.6 Å². The number of carboxylic acids is 1. The van der Waals surface area contributed by atoms with E-state index in [1.807, 2.05) is 0 Å². The highest BCUT2D eigenvalue weighted by atomic mass is 19.1. The van der Waals surface area contributed by atoms with E-state index in [9.17, 15) is 14.0 Å². The Morgan fingerprint density at radius 1 is 1.32 bits per heavy atom. The van der Waals surface area contributed by atoms with Crippen molar-refractivity contribution in [2.45, 2.75) is 12.8 Å². The van der Waals surface area contributed by atoms with Crippen LogP contribution in [0.4, 0.5) is 4.39 Å². The molecule has 0 aliphatic rings. The molecule has 22 heavy (non-hydrogen) atoms. The van der Waals surface area contributed by atoms with E-state index in [1.165, 1.54) is 12.3 Å². The highest BCUT2D eigenvalue weighted by Gasteiger charge is 2.08. The molecular weight excluding hydrogens is 289 g/mol. The van der Waals surface area contributed by atoms with Gasteiger partial charge in [0.2, 0.25) is 0 Å². The molecular formula is C15H16FN3O3. The van der Waals surface area contributed by atoms with Crippen molar-refractivity contribution < 1.29 is 19.1 Å². The number of carbonyl (C=O) groups is 2. The zero-order valence-electron chi connectivity index (χ0n) is 11.8. The number of hydrogen-bond donors (Lipinski definition) is 3. The summed E-state index contributed by atoms with van der Waals surface area (Å²) in [5, 5.41) is 22.4. The lowest BCUT2D eigenvalue weighted by Gasteiger charge is -2.05. The van der Waals surface area contributed by atoms with Crippen molar-refractivity contribution in [3.63, 3.8) is 0 Å². The fourth-order valence-corrected chi connectivity index (χ4v) is 1.61.